The molecule has 0 spiro atoms. The Bertz CT molecular complexity index is 638. The van der Waals surface area contributed by atoms with Crippen molar-refractivity contribution >= 4 is 27.6 Å². The average molecular weight is 290 g/mol. The first-order valence-electron chi connectivity index (χ1n) is 7.12. The first-order valence-corrected chi connectivity index (χ1v) is 8.50. The summed E-state index contributed by atoms with van der Waals surface area (Å²) in [4.78, 5) is 12.3. The van der Waals surface area contributed by atoms with E-state index < -0.39 is 10.8 Å². The summed E-state index contributed by atoms with van der Waals surface area (Å²) in [5, 5.41) is 1.02. The van der Waals surface area contributed by atoms with Crippen molar-refractivity contribution in [1.29, 1.82) is 0 Å². The number of furan rings is 1. The first kappa shape index (κ1) is 13.6. The number of hydrogen-bond donors (Lipinski definition) is 0. The molecule has 1 aliphatic rings. The Kier molecular flexibility index (Phi) is 4.01. The van der Waals surface area contributed by atoms with Gasteiger partial charge >= 0.3 is 0 Å². The second kappa shape index (κ2) is 5.92. The first-order chi connectivity index (χ1) is 9.75. The topological polar surface area (TPSA) is 47.3 Å². The predicted molar refractivity (Wildman–Crippen MR) is 80.4 cm³/mol. The molecule has 1 heterocycles. The van der Waals surface area contributed by atoms with E-state index in [1.807, 2.05) is 24.3 Å². The van der Waals surface area contributed by atoms with Crippen LogP contribution < -0.4 is 0 Å². The molecule has 0 radical (unpaired) electrons. The smallest absolute Gasteiger partial charge is 0.179 e. The van der Waals surface area contributed by atoms with Gasteiger partial charge in [0.05, 0.1) is 11.3 Å². The van der Waals surface area contributed by atoms with E-state index in [0.29, 0.717) is 11.1 Å². The van der Waals surface area contributed by atoms with Crippen molar-refractivity contribution in [2.45, 2.75) is 37.4 Å². The van der Waals surface area contributed by atoms with Gasteiger partial charge in [-0.1, -0.05) is 37.5 Å². The molecule has 0 aliphatic heterocycles. The highest BCUT2D eigenvalue weighted by atomic mass is 32.2. The van der Waals surface area contributed by atoms with Crippen LogP contribution in [0.1, 0.15) is 42.5 Å². The lowest BCUT2D eigenvalue weighted by Crippen LogP contribution is -2.24. The van der Waals surface area contributed by atoms with Crippen LogP contribution in [0, 0.1) is 0 Å². The Morgan fingerprint density at radius 1 is 1.20 bits per heavy atom. The quantitative estimate of drug-likeness (QED) is 0.807. The third-order valence-corrected chi connectivity index (χ3v) is 5.74. The van der Waals surface area contributed by atoms with Gasteiger partial charge in [0.2, 0.25) is 0 Å². The summed E-state index contributed by atoms with van der Waals surface area (Å²) in [6.45, 7) is 0. The Morgan fingerprint density at radius 2 is 1.95 bits per heavy atom. The summed E-state index contributed by atoms with van der Waals surface area (Å²) >= 11 is 0. The van der Waals surface area contributed by atoms with Crippen LogP contribution in [0.4, 0.5) is 0 Å². The number of carbonyl (C=O) groups excluding carboxylic acids is 1. The van der Waals surface area contributed by atoms with E-state index in [-0.39, 0.29) is 16.8 Å². The number of benzene rings is 1. The van der Waals surface area contributed by atoms with E-state index in [1.165, 1.54) is 12.7 Å². The van der Waals surface area contributed by atoms with Gasteiger partial charge in [-0.15, -0.1) is 0 Å². The number of Topliss-reactive ketones (excluding diaryl/α,β-unsaturated/α-hetero) is 1. The molecule has 106 valence electrons. The number of rotatable bonds is 4. The highest BCUT2D eigenvalue weighted by Crippen LogP contribution is 2.24. The minimum absolute atomic E-state index is 0.0705. The number of ketones is 1. The maximum Gasteiger partial charge on any atom is 0.179 e. The largest absolute Gasteiger partial charge is 0.464 e. The fourth-order valence-electron chi connectivity index (χ4n) is 2.85. The zero-order chi connectivity index (χ0) is 13.9. The highest BCUT2D eigenvalue weighted by molar-refractivity contribution is 7.86. The Morgan fingerprint density at radius 3 is 2.75 bits per heavy atom. The van der Waals surface area contributed by atoms with Gasteiger partial charge in [0.1, 0.15) is 11.8 Å². The van der Waals surface area contributed by atoms with Crippen molar-refractivity contribution in [1.82, 2.24) is 0 Å². The molecule has 20 heavy (non-hydrogen) atoms. The second-order valence-corrected chi connectivity index (χ2v) is 7.07. The van der Waals surface area contributed by atoms with E-state index in [9.17, 15) is 9.00 Å². The zero-order valence-electron chi connectivity index (χ0n) is 11.3. The van der Waals surface area contributed by atoms with Crippen LogP contribution in [0.25, 0.3) is 11.0 Å². The van der Waals surface area contributed by atoms with E-state index in [4.69, 9.17) is 4.42 Å². The van der Waals surface area contributed by atoms with Crippen molar-refractivity contribution < 1.29 is 13.4 Å². The van der Waals surface area contributed by atoms with E-state index in [0.717, 1.165) is 31.1 Å². The monoisotopic (exact) mass is 290 g/mol. The zero-order valence-corrected chi connectivity index (χ0v) is 12.2. The lowest BCUT2D eigenvalue weighted by molar-refractivity contribution is 0.102. The number of hydrogen-bond acceptors (Lipinski definition) is 3. The van der Waals surface area contributed by atoms with Crippen LogP contribution in [-0.4, -0.2) is 21.0 Å². The SMILES string of the molecule is O=C(CS(=O)C1CCCCC1)c1coc2ccccc12. The molecule has 1 aliphatic carbocycles. The molecule has 0 bridgehead atoms. The Hall–Kier alpha value is -1.42. The summed E-state index contributed by atoms with van der Waals surface area (Å²) in [5.74, 6) is 0.0487. The van der Waals surface area contributed by atoms with Crippen LogP contribution in [-0.2, 0) is 10.8 Å². The summed E-state index contributed by atoms with van der Waals surface area (Å²) in [6, 6.07) is 7.47. The third kappa shape index (κ3) is 2.70. The van der Waals surface area contributed by atoms with Crippen molar-refractivity contribution in [3.05, 3.63) is 36.1 Å². The summed E-state index contributed by atoms with van der Waals surface area (Å²) < 4.78 is 17.7. The molecule has 1 saturated carbocycles. The second-order valence-electron chi connectivity index (χ2n) is 5.35. The normalized spacial score (nSPS) is 18.2. The van der Waals surface area contributed by atoms with Gasteiger partial charge in [0, 0.05) is 21.4 Å². The van der Waals surface area contributed by atoms with Crippen molar-refractivity contribution in [3.63, 3.8) is 0 Å². The lowest BCUT2D eigenvalue weighted by Gasteiger charge is -2.20. The van der Waals surface area contributed by atoms with Gasteiger partial charge in [-0.25, -0.2) is 0 Å². The van der Waals surface area contributed by atoms with Gasteiger partial charge in [-0.2, -0.15) is 0 Å². The molecule has 0 N–H and O–H groups in total. The molecule has 1 atom stereocenters. The summed E-state index contributed by atoms with van der Waals surface area (Å²) in [7, 11) is -1.06. The van der Waals surface area contributed by atoms with Gasteiger partial charge in [0.25, 0.3) is 0 Å². The molecule has 1 aromatic carbocycles. The van der Waals surface area contributed by atoms with Crippen LogP contribution >= 0.6 is 0 Å². The molecular formula is C16H18O3S. The number of carbonyl (C=O) groups is 1. The van der Waals surface area contributed by atoms with Gasteiger partial charge < -0.3 is 4.42 Å². The minimum atomic E-state index is -1.06. The van der Waals surface area contributed by atoms with Crippen molar-refractivity contribution in [3.8, 4) is 0 Å². The standard InChI is InChI=1S/C16H18O3S/c17-15(11-20(18)12-6-2-1-3-7-12)14-10-19-16-9-5-4-8-13(14)16/h4-5,8-10,12H,1-3,6-7,11H2. The Labute approximate surface area is 120 Å². The predicted octanol–water partition coefficient (Wildman–Crippen LogP) is 3.70. The summed E-state index contributed by atoms with van der Waals surface area (Å²) in [5.41, 5.74) is 1.27. The van der Waals surface area contributed by atoms with Crippen LogP contribution in [0.5, 0.6) is 0 Å². The molecular weight excluding hydrogens is 272 g/mol. The maximum atomic E-state index is 12.3. The fourth-order valence-corrected chi connectivity index (χ4v) is 4.36. The van der Waals surface area contributed by atoms with Crippen LogP contribution in [0.15, 0.2) is 34.9 Å². The number of para-hydroxylation sites is 1. The average Bonchev–Trinajstić information content (AvgIpc) is 2.92. The van der Waals surface area contributed by atoms with Crippen LogP contribution in [0.2, 0.25) is 0 Å². The van der Waals surface area contributed by atoms with Gasteiger partial charge in [-0.3, -0.25) is 9.00 Å². The molecule has 3 rings (SSSR count). The lowest BCUT2D eigenvalue weighted by atomic mass is 10.0. The third-order valence-electron chi connectivity index (χ3n) is 3.98. The molecule has 1 unspecified atom stereocenters. The molecule has 3 nitrogen and oxygen atoms in total. The van der Waals surface area contributed by atoms with Crippen molar-refractivity contribution in [2.24, 2.45) is 0 Å². The van der Waals surface area contributed by atoms with Crippen LogP contribution in [0.3, 0.4) is 0 Å². The fraction of sp³-hybridized carbons (Fsp3) is 0.438. The van der Waals surface area contributed by atoms with Gasteiger partial charge in [-0.05, 0) is 18.9 Å². The summed E-state index contributed by atoms with van der Waals surface area (Å²) in [6.07, 6.45) is 6.98. The molecule has 1 fully saturated rings. The molecule has 0 amide bonds. The van der Waals surface area contributed by atoms with Gasteiger partial charge in [0.15, 0.2) is 5.78 Å². The molecule has 2 aromatic rings. The maximum absolute atomic E-state index is 12.3. The molecule has 4 heteroatoms. The number of fused-ring (bicyclic) bond motifs is 1. The van der Waals surface area contributed by atoms with E-state index >= 15 is 0 Å². The van der Waals surface area contributed by atoms with E-state index in [2.05, 4.69) is 0 Å². The highest BCUT2D eigenvalue weighted by Gasteiger charge is 2.23. The van der Waals surface area contributed by atoms with E-state index in [1.54, 1.807) is 0 Å². The van der Waals surface area contributed by atoms with Crippen molar-refractivity contribution in [2.75, 3.05) is 5.75 Å². The molecule has 0 saturated heterocycles. The minimum Gasteiger partial charge on any atom is -0.464 e. The molecule has 1 aromatic heterocycles. The Balaban J connectivity index is 1.74.